The van der Waals surface area contributed by atoms with Crippen LogP contribution in [0, 0.1) is 0 Å². The normalized spacial score (nSPS) is 18.7. The van der Waals surface area contributed by atoms with Crippen molar-refractivity contribution in [2.45, 2.75) is 37.6 Å². The number of hydrogen-bond acceptors (Lipinski definition) is 3. The van der Waals surface area contributed by atoms with Gasteiger partial charge in [0, 0.05) is 32.3 Å². The number of H-pyrrole nitrogens is 2. The van der Waals surface area contributed by atoms with E-state index in [1.54, 1.807) is 4.68 Å². The summed E-state index contributed by atoms with van der Waals surface area (Å²) in [5.74, 6) is 1.28. The van der Waals surface area contributed by atoms with Gasteiger partial charge in [0.1, 0.15) is 11.5 Å². The maximum atomic E-state index is 12.8. The molecule has 3 aromatic heterocycles. The molecule has 0 unspecified atom stereocenters. The van der Waals surface area contributed by atoms with Crippen LogP contribution in [0.25, 0.3) is 11.0 Å². The lowest BCUT2D eigenvalue weighted by Crippen LogP contribution is -2.41. The van der Waals surface area contributed by atoms with Crippen molar-refractivity contribution < 1.29 is 4.79 Å². The maximum Gasteiger partial charge on any atom is 0.343 e. The van der Waals surface area contributed by atoms with Crippen molar-refractivity contribution in [2.24, 2.45) is 7.05 Å². The molecule has 3 aromatic rings. The minimum absolute atomic E-state index is 0.0210. The van der Waals surface area contributed by atoms with Crippen LogP contribution in [-0.4, -0.2) is 48.2 Å². The molecule has 8 nitrogen and oxygen atoms in total. The summed E-state index contributed by atoms with van der Waals surface area (Å²) < 4.78 is 3.59. The average molecular weight is 354 g/mol. The van der Waals surface area contributed by atoms with E-state index in [0.29, 0.717) is 24.7 Å². The Hall–Kier alpha value is -2.77. The van der Waals surface area contributed by atoms with Gasteiger partial charge in [-0.05, 0) is 37.8 Å². The van der Waals surface area contributed by atoms with E-state index < -0.39 is 0 Å². The number of fused-ring (bicyclic) bond motifs is 1. The lowest BCUT2D eigenvalue weighted by Gasteiger charge is -2.31. The molecule has 1 aliphatic heterocycles. The van der Waals surface area contributed by atoms with Gasteiger partial charge in [-0.2, -0.15) is 5.10 Å². The molecule has 0 spiro atoms. The smallest absolute Gasteiger partial charge is 0.343 e. The van der Waals surface area contributed by atoms with E-state index in [2.05, 4.69) is 15.1 Å². The van der Waals surface area contributed by atoms with Crippen LogP contribution in [0.5, 0.6) is 0 Å². The highest BCUT2D eigenvalue weighted by Gasteiger charge is 2.31. The molecule has 0 bridgehead atoms. The number of piperidine rings is 1. The van der Waals surface area contributed by atoms with Gasteiger partial charge in [-0.1, -0.05) is 0 Å². The number of aromatic nitrogens is 5. The highest BCUT2D eigenvalue weighted by atomic mass is 16.2. The summed E-state index contributed by atoms with van der Waals surface area (Å²) in [6.07, 6.45) is 5.70. The van der Waals surface area contributed by atoms with Crippen LogP contribution in [0.4, 0.5) is 0 Å². The Kier molecular flexibility index (Phi) is 3.35. The predicted molar refractivity (Wildman–Crippen MR) is 96.3 cm³/mol. The van der Waals surface area contributed by atoms with Crippen LogP contribution in [0.15, 0.2) is 23.1 Å². The second kappa shape index (κ2) is 5.62. The SMILES string of the molecule is Cn1ccc2[nH]c(C(=O)N3CCC(n4nc(C5CC5)[nH]c4=O)CC3)cc21. The summed E-state index contributed by atoms with van der Waals surface area (Å²) >= 11 is 0. The molecule has 2 fully saturated rings. The minimum atomic E-state index is -0.118. The van der Waals surface area contributed by atoms with Crippen molar-refractivity contribution in [1.82, 2.24) is 29.2 Å². The van der Waals surface area contributed by atoms with Gasteiger partial charge in [0.25, 0.3) is 5.91 Å². The summed E-state index contributed by atoms with van der Waals surface area (Å²) in [6, 6.07) is 3.95. The topological polar surface area (TPSA) is 91.7 Å². The first-order chi connectivity index (χ1) is 12.6. The maximum absolute atomic E-state index is 12.8. The molecule has 1 saturated carbocycles. The van der Waals surface area contributed by atoms with E-state index in [9.17, 15) is 9.59 Å². The van der Waals surface area contributed by atoms with Gasteiger partial charge in [-0.15, -0.1) is 0 Å². The van der Waals surface area contributed by atoms with Gasteiger partial charge in [0.05, 0.1) is 17.1 Å². The number of amides is 1. The molecule has 1 aliphatic carbocycles. The van der Waals surface area contributed by atoms with Crippen molar-refractivity contribution in [3.63, 3.8) is 0 Å². The van der Waals surface area contributed by atoms with E-state index >= 15 is 0 Å². The number of carbonyl (C=O) groups excluding carboxylic acids is 1. The fourth-order valence-corrected chi connectivity index (χ4v) is 3.89. The molecule has 0 aromatic carbocycles. The molecule has 0 radical (unpaired) electrons. The zero-order valence-corrected chi connectivity index (χ0v) is 14.7. The van der Waals surface area contributed by atoms with Crippen LogP contribution in [0.3, 0.4) is 0 Å². The number of rotatable bonds is 3. The standard InChI is InChI=1S/C18H22N6O2/c1-22-7-6-13-15(22)10-14(19-13)17(25)23-8-4-12(5-9-23)24-18(26)20-16(21-24)11-2-3-11/h6-7,10-12,19H,2-5,8-9H2,1H3,(H,20,21,26). The quantitative estimate of drug-likeness (QED) is 0.750. The Labute approximate surface area is 149 Å². The van der Waals surface area contributed by atoms with Crippen molar-refractivity contribution in [2.75, 3.05) is 13.1 Å². The Balaban J connectivity index is 1.29. The van der Waals surface area contributed by atoms with Gasteiger partial charge in [-0.3, -0.25) is 9.78 Å². The molecule has 4 heterocycles. The number of nitrogens with zero attached hydrogens (tertiary/aromatic N) is 4. The summed E-state index contributed by atoms with van der Waals surface area (Å²) in [6.45, 7) is 1.27. The Bertz CT molecular complexity index is 1030. The summed E-state index contributed by atoms with van der Waals surface area (Å²) in [4.78, 5) is 32.9. The highest BCUT2D eigenvalue weighted by molar-refractivity contribution is 5.97. The number of likely N-dealkylation sites (tertiary alicyclic amines) is 1. The zero-order valence-electron chi connectivity index (χ0n) is 14.7. The van der Waals surface area contributed by atoms with Crippen LogP contribution < -0.4 is 5.69 Å². The van der Waals surface area contributed by atoms with Crippen molar-refractivity contribution in [3.05, 3.63) is 40.3 Å². The van der Waals surface area contributed by atoms with Crippen molar-refractivity contribution in [1.29, 1.82) is 0 Å². The molecular formula is C18H22N6O2. The van der Waals surface area contributed by atoms with Crippen molar-refractivity contribution >= 4 is 16.9 Å². The first kappa shape index (κ1) is 15.5. The fraction of sp³-hybridized carbons (Fsp3) is 0.500. The number of aromatic amines is 2. The number of nitrogens with one attached hydrogen (secondary N) is 2. The van der Waals surface area contributed by atoms with Crippen molar-refractivity contribution in [3.8, 4) is 0 Å². The summed E-state index contributed by atoms with van der Waals surface area (Å²) in [7, 11) is 1.97. The molecule has 8 heteroatoms. The van der Waals surface area contributed by atoms with Crippen LogP contribution in [0.1, 0.15) is 54.0 Å². The third kappa shape index (κ3) is 2.48. The molecule has 2 N–H and O–H groups in total. The Morgan fingerprint density at radius 3 is 2.65 bits per heavy atom. The van der Waals surface area contributed by atoms with E-state index in [-0.39, 0.29) is 17.6 Å². The number of carbonyl (C=O) groups is 1. The predicted octanol–water partition coefficient (Wildman–Crippen LogP) is 1.75. The molecular weight excluding hydrogens is 332 g/mol. The van der Waals surface area contributed by atoms with Gasteiger partial charge in [0.15, 0.2) is 0 Å². The number of hydrogen-bond donors (Lipinski definition) is 2. The molecule has 0 atom stereocenters. The molecule has 1 saturated heterocycles. The van der Waals surface area contributed by atoms with Gasteiger partial charge in [-0.25, -0.2) is 9.48 Å². The van der Waals surface area contributed by atoms with Crippen LogP contribution >= 0.6 is 0 Å². The molecule has 5 rings (SSSR count). The second-order valence-electron chi connectivity index (χ2n) is 7.47. The largest absolute Gasteiger partial charge is 0.349 e. The lowest BCUT2D eigenvalue weighted by molar-refractivity contribution is 0.0683. The number of aryl methyl sites for hydroxylation is 1. The van der Waals surface area contributed by atoms with Gasteiger partial charge < -0.3 is 14.5 Å². The Morgan fingerprint density at radius 2 is 1.96 bits per heavy atom. The van der Waals surface area contributed by atoms with Crippen LogP contribution in [-0.2, 0) is 7.05 Å². The van der Waals surface area contributed by atoms with E-state index in [1.807, 2.05) is 34.8 Å². The molecule has 26 heavy (non-hydrogen) atoms. The highest BCUT2D eigenvalue weighted by Crippen LogP contribution is 2.37. The van der Waals surface area contributed by atoms with E-state index in [1.165, 1.54) is 0 Å². The van der Waals surface area contributed by atoms with Crippen LogP contribution in [0.2, 0.25) is 0 Å². The minimum Gasteiger partial charge on any atom is -0.349 e. The third-order valence-corrected chi connectivity index (χ3v) is 5.62. The first-order valence-corrected chi connectivity index (χ1v) is 9.22. The molecule has 1 amide bonds. The fourth-order valence-electron chi connectivity index (χ4n) is 3.89. The second-order valence-corrected chi connectivity index (χ2v) is 7.47. The monoisotopic (exact) mass is 354 g/mol. The van der Waals surface area contributed by atoms with Gasteiger partial charge in [0.2, 0.25) is 0 Å². The Morgan fingerprint density at radius 1 is 1.19 bits per heavy atom. The van der Waals surface area contributed by atoms with E-state index in [4.69, 9.17) is 0 Å². The lowest BCUT2D eigenvalue weighted by atomic mass is 10.1. The summed E-state index contributed by atoms with van der Waals surface area (Å²) in [5.41, 5.74) is 2.50. The molecule has 2 aliphatic rings. The molecule has 136 valence electrons. The third-order valence-electron chi connectivity index (χ3n) is 5.62. The summed E-state index contributed by atoms with van der Waals surface area (Å²) in [5, 5.41) is 4.49. The van der Waals surface area contributed by atoms with E-state index in [0.717, 1.165) is 42.5 Å². The average Bonchev–Trinajstić information content (AvgIpc) is 3.15. The first-order valence-electron chi connectivity index (χ1n) is 9.22. The zero-order chi connectivity index (χ0) is 17.8. The van der Waals surface area contributed by atoms with Gasteiger partial charge >= 0.3 is 5.69 Å².